The van der Waals surface area contributed by atoms with E-state index in [1.165, 1.54) is 24.5 Å². The Hall–Kier alpha value is -2.44. The topological polar surface area (TPSA) is 80.4 Å². The summed E-state index contributed by atoms with van der Waals surface area (Å²) in [6.45, 7) is 0. The zero-order valence-electron chi connectivity index (χ0n) is 10.8. The quantitative estimate of drug-likeness (QED) is 0.751. The van der Waals surface area contributed by atoms with Crippen LogP contribution in [0.4, 0.5) is 0 Å². The lowest BCUT2D eigenvalue weighted by Gasteiger charge is -1.99. The summed E-state index contributed by atoms with van der Waals surface area (Å²) in [7, 11) is -4.24. The van der Waals surface area contributed by atoms with Crippen LogP contribution in [0.2, 0.25) is 0 Å². The minimum absolute atomic E-state index is 0.177. The highest BCUT2D eigenvalue weighted by Crippen LogP contribution is 2.25. The maximum absolute atomic E-state index is 11.2. The van der Waals surface area contributed by atoms with Gasteiger partial charge in [-0.25, -0.2) is 4.98 Å². The summed E-state index contributed by atoms with van der Waals surface area (Å²) in [4.78, 5) is 4.15. The zero-order valence-corrected chi connectivity index (χ0v) is 11.6. The largest absolute Gasteiger partial charge is 0.444 e. The molecule has 6 heteroatoms. The summed E-state index contributed by atoms with van der Waals surface area (Å²) in [5.74, 6) is 0.447. The van der Waals surface area contributed by atoms with Gasteiger partial charge in [-0.2, -0.15) is 8.42 Å². The Labute approximate surface area is 121 Å². The zero-order chi connectivity index (χ0) is 14.9. The molecule has 0 unspecified atom stereocenters. The molecular weight excluding hydrogens is 290 g/mol. The predicted octanol–water partition coefficient (Wildman–Crippen LogP) is 3.26. The van der Waals surface area contributed by atoms with E-state index in [1.807, 2.05) is 30.3 Å². The Kier molecular flexibility index (Phi) is 3.32. The molecule has 106 valence electrons. The lowest BCUT2D eigenvalue weighted by Crippen LogP contribution is -1.97. The first-order valence-electron chi connectivity index (χ1n) is 6.13. The fourth-order valence-electron chi connectivity index (χ4n) is 1.94. The molecule has 2 aromatic carbocycles. The van der Waals surface area contributed by atoms with E-state index >= 15 is 0 Å². The van der Waals surface area contributed by atoms with Crippen LogP contribution in [0.5, 0.6) is 0 Å². The molecule has 0 aliphatic heterocycles. The van der Waals surface area contributed by atoms with E-state index in [0.717, 1.165) is 5.56 Å². The van der Waals surface area contributed by atoms with Gasteiger partial charge in [0.2, 0.25) is 5.89 Å². The molecule has 3 aromatic rings. The predicted molar refractivity (Wildman–Crippen MR) is 77.2 cm³/mol. The van der Waals surface area contributed by atoms with Gasteiger partial charge in [0.05, 0.1) is 4.90 Å². The number of oxazole rings is 1. The first-order chi connectivity index (χ1) is 10.0. The van der Waals surface area contributed by atoms with Crippen molar-refractivity contribution in [2.24, 2.45) is 0 Å². The average molecular weight is 301 g/mol. The highest BCUT2D eigenvalue weighted by Gasteiger charge is 2.13. The van der Waals surface area contributed by atoms with E-state index in [1.54, 1.807) is 6.07 Å². The standard InChI is InChI=1S/C15H11NO4S/c17-21(18,19)13-8-4-7-12(9-13)14-10-20-15(16-14)11-5-2-1-3-6-11/h1-10H,(H,17,18,19). The molecule has 21 heavy (non-hydrogen) atoms. The van der Waals surface area contributed by atoms with E-state index in [9.17, 15) is 8.42 Å². The molecule has 3 rings (SSSR count). The highest BCUT2D eigenvalue weighted by atomic mass is 32.2. The van der Waals surface area contributed by atoms with Crippen LogP contribution in [0.25, 0.3) is 22.7 Å². The average Bonchev–Trinajstić information content (AvgIpc) is 2.97. The van der Waals surface area contributed by atoms with Crippen LogP contribution in [0.3, 0.4) is 0 Å². The summed E-state index contributed by atoms with van der Waals surface area (Å²) in [5, 5.41) is 0. The smallest absolute Gasteiger partial charge is 0.294 e. The minimum atomic E-state index is -4.24. The third-order valence-corrected chi connectivity index (χ3v) is 3.80. The summed E-state index contributed by atoms with van der Waals surface area (Å²) in [6, 6.07) is 15.3. The van der Waals surface area contributed by atoms with Gasteiger partial charge in [-0.1, -0.05) is 30.3 Å². The molecule has 0 bridgehead atoms. The van der Waals surface area contributed by atoms with Gasteiger partial charge in [0.15, 0.2) is 0 Å². The van der Waals surface area contributed by atoms with E-state index < -0.39 is 10.1 Å². The second-order valence-corrected chi connectivity index (χ2v) is 5.83. The second-order valence-electron chi connectivity index (χ2n) is 4.41. The minimum Gasteiger partial charge on any atom is -0.444 e. The van der Waals surface area contributed by atoms with Gasteiger partial charge in [-0.05, 0) is 24.3 Å². The number of rotatable bonds is 3. The lowest BCUT2D eigenvalue weighted by molar-refractivity contribution is 0.483. The van der Waals surface area contributed by atoms with Crippen LogP contribution >= 0.6 is 0 Å². The monoisotopic (exact) mass is 301 g/mol. The Bertz CT molecular complexity index is 869. The molecule has 0 aliphatic rings. The highest BCUT2D eigenvalue weighted by molar-refractivity contribution is 7.85. The van der Waals surface area contributed by atoms with Crippen LogP contribution in [-0.2, 0) is 10.1 Å². The van der Waals surface area contributed by atoms with Gasteiger partial charge in [0.25, 0.3) is 10.1 Å². The fourth-order valence-corrected chi connectivity index (χ4v) is 2.46. The van der Waals surface area contributed by atoms with Crippen molar-refractivity contribution < 1.29 is 17.4 Å². The summed E-state index contributed by atoms with van der Waals surface area (Å²) in [6.07, 6.45) is 1.45. The number of hydrogen-bond acceptors (Lipinski definition) is 4. The first kappa shape index (κ1) is 13.5. The van der Waals surface area contributed by atoms with Crippen molar-refractivity contribution in [1.29, 1.82) is 0 Å². The summed E-state index contributed by atoms with van der Waals surface area (Å²) >= 11 is 0. The molecule has 0 fully saturated rings. The number of nitrogens with zero attached hydrogens (tertiary/aromatic N) is 1. The molecule has 0 atom stereocenters. The van der Waals surface area contributed by atoms with Crippen LogP contribution in [0, 0.1) is 0 Å². The fraction of sp³-hybridized carbons (Fsp3) is 0. The number of aromatic nitrogens is 1. The van der Waals surface area contributed by atoms with Crippen molar-refractivity contribution in [3.05, 3.63) is 60.9 Å². The summed E-state index contributed by atoms with van der Waals surface area (Å²) in [5.41, 5.74) is 1.88. The van der Waals surface area contributed by atoms with E-state index in [0.29, 0.717) is 17.1 Å². The van der Waals surface area contributed by atoms with Crippen LogP contribution in [0.15, 0.2) is 70.2 Å². The Morgan fingerprint density at radius 2 is 1.67 bits per heavy atom. The maximum atomic E-state index is 11.2. The molecular formula is C15H11NO4S. The number of benzene rings is 2. The van der Waals surface area contributed by atoms with Crippen LogP contribution < -0.4 is 0 Å². The van der Waals surface area contributed by atoms with Crippen molar-refractivity contribution >= 4 is 10.1 Å². The van der Waals surface area contributed by atoms with Crippen LogP contribution in [0.1, 0.15) is 0 Å². The van der Waals surface area contributed by atoms with E-state index in [2.05, 4.69) is 4.98 Å². The summed E-state index contributed by atoms with van der Waals surface area (Å²) < 4.78 is 36.8. The van der Waals surface area contributed by atoms with Gasteiger partial charge in [0.1, 0.15) is 12.0 Å². The SMILES string of the molecule is O=S(=O)(O)c1cccc(-c2coc(-c3ccccc3)n2)c1. The van der Waals surface area contributed by atoms with Gasteiger partial charge in [-0.15, -0.1) is 0 Å². The maximum Gasteiger partial charge on any atom is 0.294 e. The third-order valence-electron chi connectivity index (χ3n) is 2.95. The molecule has 0 radical (unpaired) electrons. The Balaban J connectivity index is 2.01. The second kappa shape index (κ2) is 5.16. The molecule has 5 nitrogen and oxygen atoms in total. The van der Waals surface area contributed by atoms with Gasteiger partial charge >= 0.3 is 0 Å². The van der Waals surface area contributed by atoms with Gasteiger partial charge < -0.3 is 4.42 Å². The van der Waals surface area contributed by atoms with Crippen molar-refractivity contribution in [1.82, 2.24) is 4.98 Å². The van der Waals surface area contributed by atoms with Crippen molar-refractivity contribution in [2.45, 2.75) is 4.90 Å². The van der Waals surface area contributed by atoms with E-state index in [-0.39, 0.29) is 4.90 Å². The Morgan fingerprint density at radius 1 is 0.952 bits per heavy atom. The first-order valence-corrected chi connectivity index (χ1v) is 7.57. The Morgan fingerprint density at radius 3 is 2.38 bits per heavy atom. The van der Waals surface area contributed by atoms with Crippen molar-refractivity contribution in [3.8, 4) is 22.7 Å². The molecule has 0 saturated heterocycles. The normalized spacial score (nSPS) is 11.5. The molecule has 0 spiro atoms. The molecule has 0 saturated carbocycles. The number of hydrogen-bond donors (Lipinski definition) is 1. The molecule has 1 aromatic heterocycles. The van der Waals surface area contributed by atoms with E-state index in [4.69, 9.17) is 8.97 Å². The van der Waals surface area contributed by atoms with Crippen LogP contribution in [-0.4, -0.2) is 18.0 Å². The van der Waals surface area contributed by atoms with Gasteiger partial charge in [0, 0.05) is 11.1 Å². The third kappa shape index (κ3) is 2.86. The molecule has 0 amide bonds. The molecule has 1 heterocycles. The van der Waals surface area contributed by atoms with Crippen molar-refractivity contribution in [3.63, 3.8) is 0 Å². The molecule has 1 N–H and O–H groups in total. The molecule has 0 aliphatic carbocycles. The van der Waals surface area contributed by atoms with Crippen molar-refractivity contribution in [2.75, 3.05) is 0 Å². The van der Waals surface area contributed by atoms with Gasteiger partial charge in [-0.3, -0.25) is 4.55 Å². The lowest BCUT2D eigenvalue weighted by atomic mass is 10.2.